The zero-order valence-electron chi connectivity index (χ0n) is 11.2. The fourth-order valence-corrected chi connectivity index (χ4v) is 2.26. The minimum absolute atomic E-state index is 0.247. The lowest BCUT2D eigenvalue weighted by molar-refractivity contribution is -0.206. The van der Waals surface area contributed by atoms with Crippen LogP contribution < -0.4 is 0 Å². The number of rotatable bonds is 5. The van der Waals surface area contributed by atoms with E-state index in [2.05, 4.69) is 29.3 Å². The third-order valence-corrected chi connectivity index (χ3v) is 3.36. The Morgan fingerprint density at radius 2 is 1.95 bits per heavy atom. The number of hydrogen-bond acceptors (Lipinski definition) is 4. The standard InChI is InChI=1S/C15H19NO2S/c1-2-3-4-12-9-17-15(18-10-12)13-5-7-14(8-6-13)16-11-19/h5-8,12,15H,2-4,9-10H2,1H3/t12-,15-. The molecule has 0 radical (unpaired) electrons. The van der Waals surface area contributed by atoms with Gasteiger partial charge < -0.3 is 9.47 Å². The Morgan fingerprint density at radius 1 is 1.26 bits per heavy atom. The maximum Gasteiger partial charge on any atom is 0.183 e. The van der Waals surface area contributed by atoms with E-state index in [-0.39, 0.29) is 6.29 Å². The first kappa shape index (κ1) is 14.4. The fraction of sp³-hybridized carbons (Fsp3) is 0.533. The molecule has 0 N–H and O–H groups in total. The van der Waals surface area contributed by atoms with Crippen molar-refractivity contribution in [3.05, 3.63) is 29.8 Å². The van der Waals surface area contributed by atoms with E-state index in [0.29, 0.717) is 5.92 Å². The van der Waals surface area contributed by atoms with E-state index in [1.165, 1.54) is 19.3 Å². The SMILES string of the molecule is CCCC[C@H]1CO[C@H](c2ccc(N=C=S)cc2)OC1. The maximum atomic E-state index is 5.78. The highest BCUT2D eigenvalue weighted by atomic mass is 32.1. The van der Waals surface area contributed by atoms with Crippen LogP contribution in [0.3, 0.4) is 0 Å². The first-order chi connectivity index (χ1) is 9.33. The summed E-state index contributed by atoms with van der Waals surface area (Å²) in [6.07, 6.45) is 3.41. The van der Waals surface area contributed by atoms with Crippen LogP contribution in [-0.2, 0) is 9.47 Å². The summed E-state index contributed by atoms with van der Waals surface area (Å²) in [4.78, 5) is 3.92. The highest BCUT2D eigenvalue weighted by molar-refractivity contribution is 7.78. The van der Waals surface area contributed by atoms with Crippen LogP contribution in [0.1, 0.15) is 38.0 Å². The van der Waals surface area contributed by atoms with Gasteiger partial charge in [-0.2, -0.15) is 4.99 Å². The first-order valence-electron chi connectivity index (χ1n) is 6.74. The molecule has 19 heavy (non-hydrogen) atoms. The summed E-state index contributed by atoms with van der Waals surface area (Å²) in [6.45, 7) is 3.77. The number of benzene rings is 1. The summed E-state index contributed by atoms with van der Waals surface area (Å²) in [5.74, 6) is 0.537. The van der Waals surface area contributed by atoms with Crippen molar-refractivity contribution in [2.24, 2.45) is 10.9 Å². The Hall–Kier alpha value is -1.06. The van der Waals surface area contributed by atoms with E-state index < -0.39 is 0 Å². The van der Waals surface area contributed by atoms with Crippen molar-refractivity contribution < 1.29 is 9.47 Å². The van der Waals surface area contributed by atoms with Crippen molar-refractivity contribution in [2.45, 2.75) is 32.5 Å². The normalized spacial score (nSPS) is 22.8. The number of thiocarbonyl (C=S) groups is 1. The van der Waals surface area contributed by atoms with Gasteiger partial charge >= 0.3 is 0 Å². The van der Waals surface area contributed by atoms with E-state index in [1.54, 1.807) is 0 Å². The molecule has 1 fully saturated rings. The van der Waals surface area contributed by atoms with Gasteiger partial charge in [0, 0.05) is 11.5 Å². The van der Waals surface area contributed by atoms with Crippen LogP contribution in [0.5, 0.6) is 0 Å². The third kappa shape index (κ3) is 4.22. The summed E-state index contributed by atoms with van der Waals surface area (Å²) >= 11 is 4.57. The number of unbranched alkanes of at least 4 members (excludes halogenated alkanes) is 1. The molecule has 0 aliphatic carbocycles. The van der Waals surface area contributed by atoms with E-state index in [1.807, 2.05) is 24.3 Å². The van der Waals surface area contributed by atoms with Crippen molar-refractivity contribution in [1.29, 1.82) is 0 Å². The molecular formula is C15H19NO2S. The molecule has 1 heterocycles. The van der Waals surface area contributed by atoms with Crippen LogP contribution in [0, 0.1) is 5.92 Å². The van der Waals surface area contributed by atoms with Crippen molar-refractivity contribution in [3.8, 4) is 0 Å². The Balaban J connectivity index is 1.88. The Labute approximate surface area is 119 Å². The predicted octanol–water partition coefficient (Wildman–Crippen LogP) is 4.27. The molecule has 0 unspecified atom stereocenters. The lowest BCUT2D eigenvalue weighted by Gasteiger charge is -2.29. The van der Waals surface area contributed by atoms with E-state index in [0.717, 1.165) is 24.5 Å². The lowest BCUT2D eigenvalue weighted by Crippen LogP contribution is -2.27. The monoisotopic (exact) mass is 277 g/mol. The van der Waals surface area contributed by atoms with Crippen LogP contribution in [0.15, 0.2) is 29.3 Å². The summed E-state index contributed by atoms with van der Waals surface area (Å²) < 4.78 is 11.6. The second kappa shape index (κ2) is 7.51. The number of nitrogens with zero attached hydrogens (tertiary/aromatic N) is 1. The highest BCUT2D eigenvalue weighted by Crippen LogP contribution is 2.28. The van der Waals surface area contributed by atoms with Crippen LogP contribution in [0.2, 0.25) is 0 Å². The van der Waals surface area contributed by atoms with Crippen LogP contribution in [-0.4, -0.2) is 18.4 Å². The van der Waals surface area contributed by atoms with Gasteiger partial charge in [0.15, 0.2) is 6.29 Å². The van der Waals surface area contributed by atoms with Crippen LogP contribution >= 0.6 is 12.2 Å². The average molecular weight is 277 g/mol. The highest BCUT2D eigenvalue weighted by Gasteiger charge is 2.22. The minimum Gasteiger partial charge on any atom is -0.348 e. The fourth-order valence-electron chi connectivity index (χ4n) is 2.15. The lowest BCUT2D eigenvalue weighted by atomic mass is 10.0. The topological polar surface area (TPSA) is 30.8 Å². The van der Waals surface area contributed by atoms with Gasteiger partial charge in [-0.05, 0) is 30.8 Å². The number of hydrogen-bond donors (Lipinski definition) is 0. The molecule has 3 nitrogen and oxygen atoms in total. The number of aliphatic imine (C=N–C) groups is 1. The molecule has 0 amide bonds. The predicted molar refractivity (Wildman–Crippen MR) is 78.8 cm³/mol. The van der Waals surface area contributed by atoms with Crippen molar-refractivity contribution in [2.75, 3.05) is 13.2 Å². The second-order valence-electron chi connectivity index (χ2n) is 4.80. The molecule has 0 aromatic heterocycles. The van der Waals surface area contributed by atoms with Gasteiger partial charge in [0.2, 0.25) is 0 Å². The second-order valence-corrected chi connectivity index (χ2v) is 4.98. The molecule has 1 aliphatic rings. The molecule has 0 atom stereocenters. The zero-order chi connectivity index (χ0) is 13.5. The van der Waals surface area contributed by atoms with E-state index in [4.69, 9.17) is 9.47 Å². The molecule has 102 valence electrons. The van der Waals surface area contributed by atoms with Crippen LogP contribution in [0.25, 0.3) is 0 Å². The smallest absolute Gasteiger partial charge is 0.183 e. The molecule has 1 saturated heterocycles. The Morgan fingerprint density at radius 3 is 2.53 bits per heavy atom. The van der Waals surface area contributed by atoms with Crippen molar-refractivity contribution in [3.63, 3.8) is 0 Å². The summed E-state index contributed by atoms with van der Waals surface area (Å²) in [5, 5.41) is 2.35. The van der Waals surface area contributed by atoms with Crippen LogP contribution in [0.4, 0.5) is 5.69 Å². The summed E-state index contributed by atoms with van der Waals surface area (Å²) in [5.41, 5.74) is 1.83. The van der Waals surface area contributed by atoms with Gasteiger partial charge in [-0.1, -0.05) is 31.9 Å². The van der Waals surface area contributed by atoms with E-state index >= 15 is 0 Å². The molecule has 4 heteroatoms. The van der Waals surface area contributed by atoms with E-state index in [9.17, 15) is 0 Å². The maximum absolute atomic E-state index is 5.78. The zero-order valence-corrected chi connectivity index (χ0v) is 12.0. The van der Waals surface area contributed by atoms with Crippen molar-refractivity contribution in [1.82, 2.24) is 0 Å². The summed E-state index contributed by atoms with van der Waals surface area (Å²) in [7, 11) is 0. The van der Waals surface area contributed by atoms with Gasteiger partial charge in [-0.15, -0.1) is 0 Å². The van der Waals surface area contributed by atoms with Gasteiger partial charge in [0.05, 0.1) is 24.1 Å². The molecule has 1 aromatic carbocycles. The minimum atomic E-state index is -0.247. The molecule has 2 rings (SSSR count). The van der Waals surface area contributed by atoms with Gasteiger partial charge in [-0.25, -0.2) is 0 Å². The molecule has 1 aromatic rings. The van der Waals surface area contributed by atoms with Gasteiger partial charge in [0.25, 0.3) is 0 Å². The van der Waals surface area contributed by atoms with Gasteiger partial charge in [0.1, 0.15) is 0 Å². The molecule has 1 aliphatic heterocycles. The van der Waals surface area contributed by atoms with Gasteiger partial charge in [-0.3, -0.25) is 0 Å². The molecule has 0 saturated carbocycles. The Kier molecular flexibility index (Phi) is 5.67. The molecular weight excluding hydrogens is 258 g/mol. The first-order valence-corrected chi connectivity index (χ1v) is 7.15. The summed E-state index contributed by atoms with van der Waals surface area (Å²) in [6, 6.07) is 7.71. The largest absolute Gasteiger partial charge is 0.348 e. The Bertz CT molecular complexity index is 432. The third-order valence-electron chi connectivity index (χ3n) is 3.27. The number of ether oxygens (including phenoxy) is 2. The molecule has 0 bridgehead atoms. The molecule has 0 spiro atoms. The van der Waals surface area contributed by atoms with Crippen molar-refractivity contribution >= 4 is 23.1 Å². The average Bonchev–Trinajstić information content (AvgIpc) is 2.47. The number of isothiocyanates is 1. The quantitative estimate of drug-likeness (QED) is 0.595.